The molecule has 0 heterocycles. The number of aromatic hydroxyl groups is 1. The average molecular weight is 302 g/mol. The van der Waals surface area contributed by atoms with Gasteiger partial charge in [0.25, 0.3) is 0 Å². The van der Waals surface area contributed by atoms with Gasteiger partial charge < -0.3 is 9.84 Å². The Morgan fingerprint density at radius 2 is 1.41 bits per heavy atom. The van der Waals surface area contributed by atoms with Crippen LogP contribution >= 0.6 is 0 Å². The van der Waals surface area contributed by atoms with Crippen molar-refractivity contribution in [3.05, 3.63) is 58.7 Å². The number of methoxy groups -OCH3 is 1. The number of rotatable bonds is 3. The van der Waals surface area contributed by atoms with Crippen molar-refractivity contribution in [3.63, 3.8) is 0 Å². The molecular formula is C18H22O4. The molecule has 22 heavy (non-hydrogen) atoms. The van der Waals surface area contributed by atoms with E-state index in [4.69, 9.17) is 9.84 Å². The third kappa shape index (κ3) is 5.40. The summed E-state index contributed by atoms with van der Waals surface area (Å²) in [6.07, 6.45) is 1.52. The maximum atomic E-state index is 10.3. The molecule has 1 N–H and O–H groups in total. The van der Waals surface area contributed by atoms with Gasteiger partial charge in [0, 0.05) is 11.1 Å². The molecule has 0 bridgehead atoms. The highest BCUT2D eigenvalue weighted by Gasteiger charge is 1.97. The number of hydrogen-bond acceptors (Lipinski definition) is 4. The first-order chi connectivity index (χ1) is 10.0. The van der Waals surface area contributed by atoms with E-state index in [1.165, 1.54) is 6.07 Å². The van der Waals surface area contributed by atoms with Crippen LogP contribution in [0.3, 0.4) is 0 Å². The highest BCUT2D eigenvalue weighted by atomic mass is 16.5. The fraction of sp³-hybridized carbons (Fsp3) is 0.222. The number of benzene rings is 2. The first-order valence-corrected chi connectivity index (χ1v) is 6.36. The predicted octanol–water partition coefficient (Wildman–Crippen LogP) is 3.97. The van der Waals surface area contributed by atoms with E-state index in [-0.39, 0.29) is 13.2 Å². The van der Waals surface area contributed by atoms with E-state index >= 15 is 0 Å². The van der Waals surface area contributed by atoms with Gasteiger partial charge in [-0.25, -0.2) is 0 Å². The Kier molecular flexibility index (Phi) is 8.23. The molecule has 0 aromatic heterocycles. The molecule has 0 amide bonds. The molecule has 0 fully saturated rings. The van der Waals surface area contributed by atoms with Crippen LogP contribution < -0.4 is 4.74 Å². The summed E-state index contributed by atoms with van der Waals surface area (Å²) < 4.78 is 5.03. The first kappa shape index (κ1) is 19.4. The van der Waals surface area contributed by atoms with Gasteiger partial charge in [0.05, 0.1) is 7.11 Å². The topological polar surface area (TPSA) is 63.6 Å². The lowest BCUT2D eigenvalue weighted by Gasteiger charge is -2.03. The zero-order valence-corrected chi connectivity index (χ0v) is 12.3. The van der Waals surface area contributed by atoms with Crippen LogP contribution in [0.4, 0.5) is 0 Å². The molecular weight excluding hydrogens is 280 g/mol. The Labute approximate surface area is 131 Å². The van der Waals surface area contributed by atoms with Gasteiger partial charge in [-0.15, -0.1) is 0 Å². The Morgan fingerprint density at radius 1 is 0.909 bits per heavy atom. The number of ether oxygens (including phenoxy) is 1. The average Bonchev–Trinajstić information content (AvgIpc) is 2.51. The lowest BCUT2D eigenvalue weighted by Crippen LogP contribution is -1.88. The molecule has 0 saturated carbocycles. The predicted molar refractivity (Wildman–Crippen MR) is 88.1 cm³/mol. The molecule has 0 aliphatic carbocycles. The Balaban J connectivity index is 0.000000385. The summed E-state index contributed by atoms with van der Waals surface area (Å²) >= 11 is 0. The smallest absolute Gasteiger partial charge is 0.150 e. The van der Waals surface area contributed by atoms with Crippen LogP contribution in [0.25, 0.3) is 0 Å². The minimum Gasteiger partial charge on any atom is -0.508 e. The van der Waals surface area contributed by atoms with Crippen molar-refractivity contribution in [2.24, 2.45) is 0 Å². The Hall–Kier alpha value is -2.62. The molecule has 2 rings (SSSR count). The molecule has 0 spiro atoms. The number of hydrogen-bond donors (Lipinski definition) is 1. The minimum atomic E-state index is 0. The van der Waals surface area contributed by atoms with Gasteiger partial charge in [-0.1, -0.05) is 31.7 Å². The summed E-state index contributed by atoms with van der Waals surface area (Å²) in [5.41, 5.74) is 2.97. The standard InChI is InChI=1S/C9H10O2.C8H8O2.CH4/c1-7-3-4-8(6-10)5-9(7)11-2;1-6-2-3-7(5-9)4-8(6)10;/h3-6H,1-2H3;2-5,10H,1H3;1H4. The van der Waals surface area contributed by atoms with Crippen LogP contribution in [0.2, 0.25) is 0 Å². The SMILES string of the molecule is C.COc1cc(C=O)ccc1C.Cc1ccc(C=O)cc1O. The van der Waals surface area contributed by atoms with Crippen molar-refractivity contribution < 1.29 is 19.4 Å². The molecule has 0 atom stereocenters. The molecule has 4 heteroatoms. The lowest BCUT2D eigenvalue weighted by molar-refractivity contribution is 0.111. The number of aryl methyl sites for hydroxylation is 2. The van der Waals surface area contributed by atoms with Crippen molar-refractivity contribution in [2.75, 3.05) is 7.11 Å². The fourth-order valence-electron chi connectivity index (χ4n) is 1.61. The highest BCUT2D eigenvalue weighted by Crippen LogP contribution is 2.17. The number of carbonyl (C=O) groups excluding carboxylic acids is 2. The van der Waals surface area contributed by atoms with Crippen LogP contribution in [0.5, 0.6) is 11.5 Å². The molecule has 0 radical (unpaired) electrons. The van der Waals surface area contributed by atoms with E-state index in [1.54, 1.807) is 38.3 Å². The molecule has 0 aliphatic rings. The monoisotopic (exact) mass is 302 g/mol. The van der Waals surface area contributed by atoms with Gasteiger partial charge >= 0.3 is 0 Å². The van der Waals surface area contributed by atoms with Gasteiger partial charge in [-0.05, 0) is 37.1 Å². The molecule has 118 valence electrons. The third-order valence-corrected chi connectivity index (χ3v) is 2.94. The van der Waals surface area contributed by atoms with E-state index in [2.05, 4.69) is 0 Å². The van der Waals surface area contributed by atoms with Crippen molar-refractivity contribution >= 4 is 12.6 Å². The third-order valence-electron chi connectivity index (χ3n) is 2.94. The van der Waals surface area contributed by atoms with Gasteiger partial charge in [0.1, 0.15) is 24.1 Å². The summed E-state index contributed by atoms with van der Waals surface area (Å²) in [6, 6.07) is 10.2. The van der Waals surface area contributed by atoms with E-state index in [0.717, 1.165) is 23.2 Å². The molecule has 0 unspecified atom stereocenters. The van der Waals surface area contributed by atoms with Gasteiger partial charge in [0.2, 0.25) is 0 Å². The number of carbonyl (C=O) groups is 2. The second-order valence-corrected chi connectivity index (χ2v) is 4.51. The summed E-state index contributed by atoms with van der Waals surface area (Å²) in [4.78, 5) is 20.5. The number of phenolic OH excluding ortho intramolecular Hbond substituents is 1. The second-order valence-electron chi connectivity index (χ2n) is 4.51. The molecule has 2 aromatic carbocycles. The number of phenols is 1. The van der Waals surface area contributed by atoms with E-state index in [0.29, 0.717) is 17.4 Å². The Bertz CT molecular complexity index is 633. The molecule has 2 aromatic rings. The largest absolute Gasteiger partial charge is 0.508 e. The van der Waals surface area contributed by atoms with Crippen molar-refractivity contribution in [2.45, 2.75) is 21.3 Å². The lowest BCUT2D eigenvalue weighted by atomic mass is 10.1. The minimum absolute atomic E-state index is 0. The van der Waals surface area contributed by atoms with Crippen LogP contribution in [-0.2, 0) is 0 Å². The summed E-state index contributed by atoms with van der Waals surface area (Å²) in [6.45, 7) is 3.72. The van der Waals surface area contributed by atoms with Crippen molar-refractivity contribution in [1.29, 1.82) is 0 Å². The Morgan fingerprint density at radius 3 is 1.86 bits per heavy atom. The van der Waals surface area contributed by atoms with Crippen LogP contribution in [0.1, 0.15) is 39.3 Å². The van der Waals surface area contributed by atoms with Crippen LogP contribution in [-0.4, -0.2) is 24.8 Å². The van der Waals surface area contributed by atoms with Crippen LogP contribution in [0, 0.1) is 13.8 Å². The molecule has 0 saturated heterocycles. The zero-order valence-electron chi connectivity index (χ0n) is 12.3. The zero-order chi connectivity index (χ0) is 15.8. The van der Waals surface area contributed by atoms with Gasteiger partial charge in [-0.3, -0.25) is 9.59 Å². The first-order valence-electron chi connectivity index (χ1n) is 6.36. The van der Waals surface area contributed by atoms with E-state index in [9.17, 15) is 9.59 Å². The number of aldehydes is 2. The highest BCUT2D eigenvalue weighted by molar-refractivity contribution is 5.76. The maximum absolute atomic E-state index is 10.3. The molecule has 0 aliphatic heterocycles. The normalized spacial score (nSPS) is 8.86. The van der Waals surface area contributed by atoms with Gasteiger partial charge in [0.15, 0.2) is 0 Å². The van der Waals surface area contributed by atoms with Crippen molar-refractivity contribution in [1.82, 2.24) is 0 Å². The summed E-state index contributed by atoms with van der Waals surface area (Å²) in [7, 11) is 1.59. The van der Waals surface area contributed by atoms with Gasteiger partial charge in [-0.2, -0.15) is 0 Å². The van der Waals surface area contributed by atoms with E-state index < -0.39 is 0 Å². The fourth-order valence-corrected chi connectivity index (χ4v) is 1.61. The second kappa shape index (κ2) is 9.34. The molecule has 4 nitrogen and oxygen atoms in total. The van der Waals surface area contributed by atoms with Crippen molar-refractivity contribution in [3.8, 4) is 11.5 Å². The quantitative estimate of drug-likeness (QED) is 0.871. The van der Waals surface area contributed by atoms with E-state index in [1.807, 2.05) is 13.0 Å². The summed E-state index contributed by atoms with van der Waals surface area (Å²) in [5.74, 6) is 0.930. The summed E-state index contributed by atoms with van der Waals surface area (Å²) in [5, 5.41) is 9.07. The maximum Gasteiger partial charge on any atom is 0.150 e. The van der Waals surface area contributed by atoms with Crippen LogP contribution in [0.15, 0.2) is 36.4 Å².